The van der Waals surface area contributed by atoms with Gasteiger partial charge in [-0.1, -0.05) is 51.4 Å². The highest BCUT2D eigenvalue weighted by Crippen LogP contribution is 2.23. The van der Waals surface area contributed by atoms with Crippen LogP contribution in [-0.2, 0) is 28.6 Å². The molecular formula is C35H63NO6. The average Bonchev–Trinajstić information content (AvgIpc) is 3.65. The highest BCUT2D eigenvalue weighted by molar-refractivity contribution is 5.70. The Labute approximate surface area is 257 Å². The molecule has 0 aliphatic heterocycles. The molecule has 0 aromatic carbocycles. The zero-order chi connectivity index (χ0) is 30.3. The first-order valence-corrected chi connectivity index (χ1v) is 17.7. The minimum absolute atomic E-state index is 0.0172. The molecule has 2 saturated carbocycles. The lowest BCUT2D eigenvalue weighted by Crippen LogP contribution is -2.20. The highest BCUT2D eigenvalue weighted by atomic mass is 16.6. The smallest absolute Gasteiger partial charge is 0.306 e. The number of hydrogen-bond acceptors (Lipinski definition) is 7. The van der Waals surface area contributed by atoms with E-state index in [2.05, 4.69) is 4.90 Å². The van der Waals surface area contributed by atoms with Crippen LogP contribution in [0.25, 0.3) is 0 Å². The van der Waals surface area contributed by atoms with Crippen molar-refractivity contribution in [2.24, 2.45) is 0 Å². The second kappa shape index (κ2) is 23.8. The van der Waals surface area contributed by atoms with Gasteiger partial charge in [0.15, 0.2) is 0 Å². The van der Waals surface area contributed by atoms with Crippen molar-refractivity contribution in [3.05, 3.63) is 0 Å². The third kappa shape index (κ3) is 19.5. The van der Waals surface area contributed by atoms with E-state index in [1.807, 2.05) is 14.1 Å². The van der Waals surface area contributed by atoms with Crippen molar-refractivity contribution in [1.29, 1.82) is 0 Å². The Kier molecular flexibility index (Phi) is 20.7. The molecule has 0 radical (unpaired) electrons. The Morgan fingerprint density at radius 1 is 0.548 bits per heavy atom. The van der Waals surface area contributed by atoms with Gasteiger partial charge in [0, 0.05) is 19.3 Å². The summed E-state index contributed by atoms with van der Waals surface area (Å²) in [6.07, 6.45) is 26.6. The normalized spacial score (nSPS) is 16.0. The zero-order valence-electron chi connectivity index (χ0n) is 27.2. The molecule has 244 valence electrons. The number of ether oxygens (including phenoxy) is 3. The summed E-state index contributed by atoms with van der Waals surface area (Å²) in [6.45, 7) is 0.899. The van der Waals surface area contributed by atoms with Crippen LogP contribution in [-0.4, -0.2) is 61.8 Å². The van der Waals surface area contributed by atoms with Crippen LogP contribution in [0.15, 0.2) is 0 Å². The number of hydrogen-bond donors (Lipinski definition) is 0. The average molecular weight is 594 g/mol. The van der Waals surface area contributed by atoms with E-state index in [-0.39, 0.29) is 36.2 Å². The molecule has 2 rings (SSSR count). The summed E-state index contributed by atoms with van der Waals surface area (Å²) in [5, 5.41) is 0. The van der Waals surface area contributed by atoms with Crippen molar-refractivity contribution < 1.29 is 28.6 Å². The first-order valence-electron chi connectivity index (χ1n) is 17.7. The SMILES string of the molecule is CN(C)CCCC(=O)OC(CCCCCCCCC(=O)OC1CCCC1)CCCCCCCCC(=O)OC1CCCC1. The van der Waals surface area contributed by atoms with E-state index >= 15 is 0 Å². The minimum Gasteiger partial charge on any atom is -0.462 e. The molecule has 0 aromatic heterocycles. The molecule has 0 saturated heterocycles. The predicted octanol–water partition coefficient (Wildman–Crippen LogP) is 8.45. The summed E-state index contributed by atoms with van der Waals surface area (Å²) >= 11 is 0. The molecular weight excluding hydrogens is 530 g/mol. The summed E-state index contributed by atoms with van der Waals surface area (Å²) < 4.78 is 17.0. The number of nitrogens with zero attached hydrogens (tertiary/aromatic N) is 1. The lowest BCUT2D eigenvalue weighted by atomic mass is 10.0. The molecule has 0 amide bonds. The van der Waals surface area contributed by atoms with Crippen LogP contribution in [0.4, 0.5) is 0 Å². The van der Waals surface area contributed by atoms with Crippen LogP contribution in [0.2, 0.25) is 0 Å². The molecule has 0 aromatic rings. The van der Waals surface area contributed by atoms with Crippen molar-refractivity contribution >= 4 is 17.9 Å². The number of unbranched alkanes of at least 4 members (excludes halogenated alkanes) is 10. The Balaban J connectivity index is 1.51. The van der Waals surface area contributed by atoms with Crippen molar-refractivity contribution in [2.75, 3.05) is 20.6 Å². The van der Waals surface area contributed by atoms with Gasteiger partial charge >= 0.3 is 17.9 Å². The standard InChI is InChI=1S/C35H63NO6/c1-36(2)29-19-28-35(39)42-30(20-11-7-3-5-9-13-26-33(37)40-31-22-15-16-23-31)21-12-8-4-6-10-14-27-34(38)41-32-24-17-18-25-32/h30-32H,3-29H2,1-2H3. The van der Waals surface area contributed by atoms with Gasteiger partial charge in [-0.15, -0.1) is 0 Å². The van der Waals surface area contributed by atoms with Crippen LogP contribution in [0.3, 0.4) is 0 Å². The topological polar surface area (TPSA) is 82.1 Å². The van der Waals surface area contributed by atoms with Gasteiger partial charge in [0.05, 0.1) is 0 Å². The van der Waals surface area contributed by atoms with E-state index in [4.69, 9.17) is 14.2 Å². The first kappa shape index (κ1) is 36.6. The van der Waals surface area contributed by atoms with Crippen LogP contribution in [0, 0.1) is 0 Å². The highest BCUT2D eigenvalue weighted by Gasteiger charge is 2.20. The van der Waals surface area contributed by atoms with E-state index in [1.165, 1.54) is 25.7 Å². The fraction of sp³-hybridized carbons (Fsp3) is 0.914. The summed E-state index contributed by atoms with van der Waals surface area (Å²) in [4.78, 5) is 38.5. The quantitative estimate of drug-likeness (QED) is 0.0596. The Bertz CT molecular complexity index is 668. The second-order valence-corrected chi connectivity index (χ2v) is 13.1. The van der Waals surface area contributed by atoms with Crippen molar-refractivity contribution in [1.82, 2.24) is 4.90 Å². The van der Waals surface area contributed by atoms with Crippen LogP contribution >= 0.6 is 0 Å². The largest absolute Gasteiger partial charge is 0.462 e. The summed E-state index contributed by atoms with van der Waals surface area (Å²) in [6, 6.07) is 0. The van der Waals surface area contributed by atoms with E-state index in [0.717, 1.165) is 129 Å². The van der Waals surface area contributed by atoms with Gasteiger partial charge in [-0.2, -0.15) is 0 Å². The molecule has 7 heteroatoms. The van der Waals surface area contributed by atoms with Crippen molar-refractivity contribution in [3.63, 3.8) is 0 Å². The molecule has 0 atom stereocenters. The first-order chi connectivity index (χ1) is 20.4. The monoisotopic (exact) mass is 593 g/mol. The minimum atomic E-state index is -0.0594. The number of carbonyl (C=O) groups excluding carboxylic acids is 3. The van der Waals surface area contributed by atoms with E-state index < -0.39 is 0 Å². The molecule has 0 heterocycles. The molecule has 2 aliphatic carbocycles. The van der Waals surface area contributed by atoms with Crippen LogP contribution < -0.4 is 0 Å². The van der Waals surface area contributed by atoms with Gasteiger partial charge in [-0.25, -0.2) is 0 Å². The Hall–Kier alpha value is -1.63. The van der Waals surface area contributed by atoms with Gasteiger partial charge < -0.3 is 19.1 Å². The van der Waals surface area contributed by atoms with Crippen LogP contribution in [0.1, 0.15) is 167 Å². The molecule has 0 spiro atoms. The summed E-state index contributed by atoms with van der Waals surface area (Å²) in [7, 11) is 4.05. The molecule has 7 nitrogen and oxygen atoms in total. The van der Waals surface area contributed by atoms with E-state index in [9.17, 15) is 14.4 Å². The Morgan fingerprint density at radius 3 is 1.36 bits per heavy atom. The predicted molar refractivity (Wildman–Crippen MR) is 168 cm³/mol. The van der Waals surface area contributed by atoms with E-state index in [0.29, 0.717) is 19.3 Å². The zero-order valence-corrected chi connectivity index (χ0v) is 27.2. The molecule has 2 fully saturated rings. The van der Waals surface area contributed by atoms with Gasteiger partial charge in [0.25, 0.3) is 0 Å². The second-order valence-electron chi connectivity index (χ2n) is 13.1. The third-order valence-corrected chi connectivity index (χ3v) is 8.80. The maximum Gasteiger partial charge on any atom is 0.306 e. The third-order valence-electron chi connectivity index (χ3n) is 8.80. The molecule has 2 aliphatic rings. The lowest BCUT2D eigenvalue weighted by Gasteiger charge is -2.18. The Morgan fingerprint density at radius 2 is 0.929 bits per heavy atom. The number of rotatable bonds is 25. The van der Waals surface area contributed by atoms with Gasteiger partial charge in [0.1, 0.15) is 18.3 Å². The van der Waals surface area contributed by atoms with E-state index in [1.54, 1.807) is 0 Å². The summed E-state index contributed by atoms with van der Waals surface area (Å²) in [5.74, 6) is -0.0939. The van der Waals surface area contributed by atoms with Crippen molar-refractivity contribution in [3.8, 4) is 0 Å². The summed E-state index contributed by atoms with van der Waals surface area (Å²) in [5.41, 5.74) is 0. The van der Waals surface area contributed by atoms with Gasteiger partial charge in [-0.05, 0) is 117 Å². The van der Waals surface area contributed by atoms with Crippen LogP contribution in [0.5, 0.6) is 0 Å². The molecule has 0 N–H and O–H groups in total. The van der Waals surface area contributed by atoms with Gasteiger partial charge in [-0.3, -0.25) is 14.4 Å². The van der Waals surface area contributed by atoms with Crippen molar-refractivity contribution in [2.45, 2.75) is 185 Å². The lowest BCUT2D eigenvalue weighted by molar-refractivity contribution is -0.150. The number of esters is 3. The fourth-order valence-corrected chi connectivity index (χ4v) is 6.25. The van der Waals surface area contributed by atoms with Gasteiger partial charge in [0.2, 0.25) is 0 Å². The molecule has 0 bridgehead atoms. The fourth-order valence-electron chi connectivity index (χ4n) is 6.25. The maximum atomic E-state index is 12.5. The molecule has 0 unspecified atom stereocenters. The molecule has 42 heavy (non-hydrogen) atoms. The number of carbonyl (C=O) groups is 3. The maximum absolute atomic E-state index is 12.5.